The molecule has 0 aliphatic carbocycles. The number of likely N-dealkylation sites (N-methyl/N-ethyl adjacent to an activating group) is 1. The van der Waals surface area contributed by atoms with Gasteiger partial charge in [0.1, 0.15) is 6.10 Å². The fourth-order valence-corrected chi connectivity index (χ4v) is 1.17. The normalized spacial score (nSPS) is 26.2. The van der Waals surface area contributed by atoms with Crippen molar-refractivity contribution in [1.29, 1.82) is 0 Å². The molecule has 1 rings (SSSR count). The van der Waals surface area contributed by atoms with Gasteiger partial charge in [0.15, 0.2) is 6.10 Å². The third kappa shape index (κ3) is 2.86. The van der Waals surface area contributed by atoms with Gasteiger partial charge in [0.2, 0.25) is 5.91 Å². The van der Waals surface area contributed by atoms with Gasteiger partial charge in [0, 0.05) is 7.05 Å². The molecule has 2 N–H and O–H groups in total. The summed E-state index contributed by atoms with van der Waals surface area (Å²) in [6.07, 6.45) is -0.507. The first-order valence-corrected chi connectivity index (χ1v) is 3.75. The monoisotopic (exact) mass is 209 g/mol. The van der Waals surface area contributed by atoms with E-state index >= 15 is 0 Å². The largest absolute Gasteiger partial charge is 0.479 e. The summed E-state index contributed by atoms with van der Waals surface area (Å²) in [6.45, 7) is 0. The molecule has 0 aromatic rings. The fraction of sp³-hybridized carbons (Fsp3) is 0.714. The summed E-state index contributed by atoms with van der Waals surface area (Å²) < 4.78 is 4.96. The maximum Gasteiger partial charge on any atom is 0.332 e. The van der Waals surface area contributed by atoms with Crippen LogP contribution in [0.5, 0.6) is 0 Å². The number of hydrogen-bond acceptors (Lipinski definition) is 3. The quantitative estimate of drug-likeness (QED) is 0.660. The lowest BCUT2D eigenvalue weighted by Crippen LogP contribution is -2.33. The Morgan fingerprint density at radius 2 is 1.92 bits per heavy atom. The van der Waals surface area contributed by atoms with Gasteiger partial charge < -0.3 is 15.2 Å². The number of carboxylic acid groups (broad SMARTS) is 1. The van der Waals surface area contributed by atoms with E-state index in [1.54, 1.807) is 0 Å². The second-order valence-electron chi connectivity index (χ2n) is 2.64. The van der Waals surface area contributed by atoms with Gasteiger partial charge in [0.25, 0.3) is 0 Å². The van der Waals surface area contributed by atoms with Gasteiger partial charge >= 0.3 is 5.97 Å². The van der Waals surface area contributed by atoms with E-state index in [0.717, 1.165) is 0 Å². The van der Waals surface area contributed by atoms with E-state index in [1.807, 2.05) is 0 Å². The van der Waals surface area contributed by atoms with Crippen molar-refractivity contribution in [2.45, 2.75) is 25.0 Å². The Balaban J connectivity index is 0.00000144. The van der Waals surface area contributed by atoms with Gasteiger partial charge in [-0.1, -0.05) is 0 Å². The summed E-state index contributed by atoms with van der Waals surface area (Å²) in [5.41, 5.74) is 0. The topological polar surface area (TPSA) is 75.6 Å². The number of halogens is 1. The Labute approximate surface area is 81.9 Å². The van der Waals surface area contributed by atoms with E-state index in [2.05, 4.69) is 5.32 Å². The number of ether oxygens (including phenoxy) is 1. The van der Waals surface area contributed by atoms with Gasteiger partial charge in [-0.15, -0.1) is 12.4 Å². The first-order valence-electron chi connectivity index (χ1n) is 3.75. The molecule has 13 heavy (non-hydrogen) atoms. The molecule has 6 heteroatoms. The lowest BCUT2D eigenvalue weighted by atomic mass is 10.2. The predicted molar refractivity (Wildman–Crippen MR) is 46.8 cm³/mol. The fourth-order valence-electron chi connectivity index (χ4n) is 1.17. The number of carbonyl (C=O) groups is 2. The van der Waals surface area contributed by atoms with Crippen molar-refractivity contribution >= 4 is 24.3 Å². The summed E-state index contributed by atoms with van der Waals surface area (Å²) in [5, 5.41) is 10.9. The molecule has 0 aromatic heterocycles. The third-order valence-corrected chi connectivity index (χ3v) is 1.83. The highest BCUT2D eigenvalue weighted by atomic mass is 35.5. The van der Waals surface area contributed by atoms with Crippen LogP contribution in [0, 0.1) is 0 Å². The minimum atomic E-state index is -0.999. The van der Waals surface area contributed by atoms with Gasteiger partial charge in [-0.25, -0.2) is 4.79 Å². The number of carboxylic acids is 1. The van der Waals surface area contributed by atoms with Gasteiger partial charge in [-0.05, 0) is 12.8 Å². The minimum Gasteiger partial charge on any atom is -0.479 e. The summed E-state index contributed by atoms with van der Waals surface area (Å²) in [4.78, 5) is 21.4. The smallest absolute Gasteiger partial charge is 0.332 e. The number of nitrogens with one attached hydrogen (secondary N) is 1. The van der Waals surface area contributed by atoms with Crippen molar-refractivity contribution < 1.29 is 19.4 Å². The van der Waals surface area contributed by atoms with E-state index in [0.29, 0.717) is 12.8 Å². The standard InChI is InChI=1S/C7H11NO4.ClH/c1-8-6(9)4-2-3-5(12-4)7(10)11;/h4-5H,2-3H2,1H3,(H,8,9)(H,10,11);1H/t4-,5+;/m1./s1. The van der Waals surface area contributed by atoms with E-state index in [-0.39, 0.29) is 18.3 Å². The number of carbonyl (C=O) groups excluding carboxylic acids is 1. The van der Waals surface area contributed by atoms with Crippen LogP contribution >= 0.6 is 12.4 Å². The van der Waals surface area contributed by atoms with Gasteiger partial charge in [-0.3, -0.25) is 4.79 Å². The molecule has 0 aromatic carbocycles. The molecule has 0 saturated carbocycles. The van der Waals surface area contributed by atoms with Crippen molar-refractivity contribution in [1.82, 2.24) is 5.32 Å². The lowest BCUT2D eigenvalue weighted by Gasteiger charge is -2.08. The zero-order chi connectivity index (χ0) is 9.14. The van der Waals surface area contributed by atoms with Crippen molar-refractivity contribution in [3.05, 3.63) is 0 Å². The van der Waals surface area contributed by atoms with Crippen LogP contribution in [0.3, 0.4) is 0 Å². The molecule has 1 fully saturated rings. The maximum absolute atomic E-state index is 11.0. The number of aliphatic carboxylic acids is 1. The molecule has 1 saturated heterocycles. The molecule has 0 spiro atoms. The molecule has 5 nitrogen and oxygen atoms in total. The SMILES string of the molecule is CNC(=O)[C@H]1CC[C@@H](C(=O)O)O1.Cl. The summed E-state index contributed by atoms with van der Waals surface area (Å²) in [7, 11) is 1.50. The second-order valence-corrected chi connectivity index (χ2v) is 2.64. The lowest BCUT2D eigenvalue weighted by molar-refractivity contribution is -0.151. The molecular weight excluding hydrogens is 198 g/mol. The Kier molecular flexibility index (Phi) is 4.72. The van der Waals surface area contributed by atoms with Crippen molar-refractivity contribution in [2.24, 2.45) is 0 Å². The van der Waals surface area contributed by atoms with E-state index in [4.69, 9.17) is 9.84 Å². The van der Waals surface area contributed by atoms with Crippen LogP contribution in [0.4, 0.5) is 0 Å². The van der Waals surface area contributed by atoms with E-state index in [9.17, 15) is 9.59 Å². The van der Waals surface area contributed by atoms with Gasteiger partial charge in [-0.2, -0.15) is 0 Å². The van der Waals surface area contributed by atoms with Crippen molar-refractivity contribution in [2.75, 3.05) is 7.05 Å². The highest BCUT2D eigenvalue weighted by Gasteiger charge is 2.33. The maximum atomic E-state index is 11.0. The van der Waals surface area contributed by atoms with Crippen LogP contribution in [0.15, 0.2) is 0 Å². The minimum absolute atomic E-state index is 0. The average Bonchev–Trinajstić information content (AvgIpc) is 2.51. The second kappa shape index (κ2) is 5.04. The van der Waals surface area contributed by atoms with Crippen LogP contribution in [-0.4, -0.2) is 36.2 Å². The Hall–Kier alpha value is -0.810. The molecule has 0 bridgehead atoms. The van der Waals surface area contributed by atoms with E-state index in [1.165, 1.54) is 7.05 Å². The van der Waals surface area contributed by atoms with Crippen LogP contribution in [-0.2, 0) is 14.3 Å². The molecule has 0 unspecified atom stereocenters. The third-order valence-electron chi connectivity index (χ3n) is 1.83. The summed E-state index contributed by atoms with van der Waals surface area (Å²) in [5.74, 6) is -1.25. The van der Waals surface area contributed by atoms with Crippen LogP contribution in [0.2, 0.25) is 0 Å². The number of rotatable bonds is 2. The molecule has 1 heterocycles. The molecule has 1 amide bonds. The molecule has 2 atom stereocenters. The van der Waals surface area contributed by atoms with Crippen LogP contribution < -0.4 is 5.32 Å². The van der Waals surface area contributed by atoms with Crippen LogP contribution in [0.1, 0.15) is 12.8 Å². The molecule has 1 aliphatic rings. The molecule has 76 valence electrons. The Bertz CT molecular complexity index is 209. The number of amides is 1. The zero-order valence-electron chi connectivity index (χ0n) is 7.15. The van der Waals surface area contributed by atoms with Crippen molar-refractivity contribution in [3.8, 4) is 0 Å². The average molecular weight is 210 g/mol. The summed E-state index contributed by atoms with van der Waals surface area (Å²) in [6, 6.07) is 0. The van der Waals surface area contributed by atoms with Crippen LogP contribution in [0.25, 0.3) is 0 Å². The van der Waals surface area contributed by atoms with Gasteiger partial charge in [0.05, 0.1) is 0 Å². The molecule has 0 radical (unpaired) electrons. The summed E-state index contributed by atoms with van der Waals surface area (Å²) >= 11 is 0. The predicted octanol–water partition coefficient (Wildman–Crippen LogP) is -0.214. The Morgan fingerprint density at radius 3 is 2.31 bits per heavy atom. The highest BCUT2D eigenvalue weighted by Crippen LogP contribution is 2.19. The Morgan fingerprint density at radius 1 is 1.38 bits per heavy atom. The molecule has 1 aliphatic heterocycles. The molecular formula is C7H12ClNO4. The zero-order valence-corrected chi connectivity index (χ0v) is 7.97. The van der Waals surface area contributed by atoms with Crippen molar-refractivity contribution in [3.63, 3.8) is 0 Å². The first kappa shape index (κ1) is 12.2. The first-order chi connectivity index (χ1) is 5.65. The highest BCUT2D eigenvalue weighted by molar-refractivity contribution is 5.85. The number of hydrogen-bond donors (Lipinski definition) is 2. The van der Waals surface area contributed by atoms with E-state index < -0.39 is 18.2 Å².